The second-order valence-corrected chi connectivity index (χ2v) is 6.19. The van der Waals surface area contributed by atoms with Crippen molar-refractivity contribution >= 4 is 35.1 Å². The van der Waals surface area contributed by atoms with E-state index in [2.05, 4.69) is 10.3 Å². The molecule has 0 spiro atoms. The summed E-state index contributed by atoms with van der Waals surface area (Å²) in [5.41, 5.74) is 1.06. The van der Waals surface area contributed by atoms with Gasteiger partial charge in [0.15, 0.2) is 0 Å². The van der Waals surface area contributed by atoms with Gasteiger partial charge in [-0.15, -0.1) is 11.8 Å². The smallest absolute Gasteiger partial charge is 0.238 e. The number of nitrogens with one attached hydrogen (secondary N) is 1. The number of rotatable bonds is 4. The van der Waals surface area contributed by atoms with Crippen LogP contribution in [0.1, 0.15) is 12.5 Å². The van der Waals surface area contributed by atoms with Crippen molar-refractivity contribution < 1.29 is 4.79 Å². The lowest BCUT2D eigenvalue weighted by Crippen LogP contribution is -2.22. The molecule has 0 radical (unpaired) electrons. The molecule has 0 bridgehead atoms. The van der Waals surface area contributed by atoms with E-state index in [1.54, 1.807) is 12.3 Å². The van der Waals surface area contributed by atoms with Gasteiger partial charge < -0.3 is 5.32 Å². The molecule has 0 aliphatic heterocycles. The fourth-order valence-corrected chi connectivity index (χ4v) is 2.71. The van der Waals surface area contributed by atoms with Crippen LogP contribution in [-0.4, -0.2) is 16.1 Å². The fourth-order valence-electron chi connectivity index (χ4n) is 1.55. The average Bonchev–Trinajstić information content (AvgIpc) is 2.44. The van der Waals surface area contributed by atoms with Gasteiger partial charge in [0.1, 0.15) is 5.82 Å². The van der Waals surface area contributed by atoms with Crippen molar-refractivity contribution in [2.45, 2.75) is 24.0 Å². The predicted octanol–water partition coefficient (Wildman–Crippen LogP) is 4.16. The Morgan fingerprint density at radius 1 is 1.30 bits per heavy atom. The highest BCUT2D eigenvalue weighted by Gasteiger charge is 2.16. The maximum atomic E-state index is 12.1. The summed E-state index contributed by atoms with van der Waals surface area (Å²) in [6.07, 6.45) is 1.72. The molecule has 1 amide bonds. The molecule has 0 aliphatic rings. The highest BCUT2D eigenvalue weighted by atomic mass is 35.5. The minimum absolute atomic E-state index is 0.0914. The van der Waals surface area contributed by atoms with Crippen LogP contribution < -0.4 is 5.32 Å². The Kier molecular flexibility index (Phi) is 5.04. The van der Waals surface area contributed by atoms with E-state index < -0.39 is 0 Å². The van der Waals surface area contributed by atoms with E-state index in [-0.39, 0.29) is 11.2 Å². The van der Waals surface area contributed by atoms with Gasteiger partial charge in [-0.3, -0.25) is 4.79 Å². The Morgan fingerprint density at radius 3 is 2.70 bits per heavy atom. The topological polar surface area (TPSA) is 42.0 Å². The summed E-state index contributed by atoms with van der Waals surface area (Å²) in [4.78, 5) is 17.2. The largest absolute Gasteiger partial charge is 0.310 e. The molecule has 20 heavy (non-hydrogen) atoms. The lowest BCUT2D eigenvalue weighted by Gasteiger charge is -2.12. The molecule has 2 rings (SSSR count). The van der Waals surface area contributed by atoms with Gasteiger partial charge >= 0.3 is 0 Å². The number of hydrogen-bond acceptors (Lipinski definition) is 3. The molecule has 3 nitrogen and oxygen atoms in total. The number of halogens is 1. The Balaban J connectivity index is 1.99. The average molecular weight is 307 g/mol. The number of anilines is 1. The Hall–Kier alpha value is -1.52. The predicted molar refractivity (Wildman–Crippen MR) is 84.4 cm³/mol. The van der Waals surface area contributed by atoms with E-state index in [1.165, 1.54) is 11.8 Å². The van der Waals surface area contributed by atoms with Crippen LogP contribution in [0.25, 0.3) is 0 Å². The molecule has 1 heterocycles. The number of aryl methyl sites for hydroxylation is 1. The van der Waals surface area contributed by atoms with Crippen molar-refractivity contribution in [2.24, 2.45) is 0 Å². The van der Waals surface area contributed by atoms with Crippen molar-refractivity contribution in [3.05, 3.63) is 53.2 Å². The normalized spacial score (nSPS) is 11.9. The molecule has 5 heteroatoms. The first-order chi connectivity index (χ1) is 9.56. The summed E-state index contributed by atoms with van der Waals surface area (Å²) in [7, 11) is 0. The molecule has 1 N–H and O–H groups in total. The molecule has 1 atom stereocenters. The van der Waals surface area contributed by atoms with Gasteiger partial charge in [-0.05, 0) is 37.6 Å². The van der Waals surface area contributed by atoms with Gasteiger partial charge in [0.25, 0.3) is 0 Å². The van der Waals surface area contributed by atoms with E-state index in [0.29, 0.717) is 10.8 Å². The zero-order valence-corrected chi connectivity index (χ0v) is 12.8. The second-order valence-electron chi connectivity index (χ2n) is 4.40. The van der Waals surface area contributed by atoms with E-state index in [4.69, 9.17) is 11.6 Å². The monoisotopic (exact) mass is 306 g/mol. The first-order valence-corrected chi connectivity index (χ1v) is 7.47. The van der Waals surface area contributed by atoms with Crippen molar-refractivity contribution in [1.29, 1.82) is 0 Å². The molecule has 1 unspecified atom stereocenters. The number of aromatic nitrogens is 1. The fraction of sp³-hybridized carbons (Fsp3) is 0.200. The molecule has 1 aromatic carbocycles. The van der Waals surface area contributed by atoms with Crippen molar-refractivity contribution in [1.82, 2.24) is 4.98 Å². The number of thioether (sulfide) groups is 1. The van der Waals surface area contributed by atoms with Gasteiger partial charge in [0.2, 0.25) is 5.91 Å². The standard InChI is InChI=1S/C15H15ClN2OS/c1-10-7-8-14(17-9-10)18-15(19)11(2)20-13-6-4-3-5-12(13)16/h3-9,11H,1-2H3,(H,17,18,19). The van der Waals surface area contributed by atoms with Crippen molar-refractivity contribution in [3.8, 4) is 0 Å². The van der Waals surface area contributed by atoms with E-state index in [9.17, 15) is 4.79 Å². The van der Waals surface area contributed by atoms with Crippen molar-refractivity contribution in [2.75, 3.05) is 5.32 Å². The van der Waals surface area contributed by atoms with Crippen LogP contribution in [0.3, 0.4) is 0 Å². The number of carbonyl (C=O) groups excluding carboxylic acids is 1. The van der Waals surface area contributed by atoms with Crippen LogP contribution in [0.2, 0.25) is 5.02 Å². The molecule has 1 aromatic heterocycles. The third-order valence-electron chi connectivity index (χ3n) is 2.67. The van der Waals surface area contributed by atoms with Crippen LogP contribution in [0.4, 0.5) is 5.82 Å². The number of amides is 1. The molecule has 2 aromatic rings. The molecule has 0 fully saturated rings. The lowest BCUT2D eigenvalue weighted by atomic mass is 10.3. The van der Waals surface area contributed by atoms with Gasteiger partial charge in [-0.2, -0.15) is 0 Å². The minimum Gasteiger partial charge on any atom is -0.310 e. The summed E-state index contributed by atoms with van der Waals surface area (Å²) in [6.45, 7) is 3.80. The SMILES string of the molecule is Cc1ccc(NC(=O)C(C)Sc2ccccc2Cl)nc1. The van der Waals surface area contributed by atoms with Crippen LogP contribution in [-0.2, 0) is 4.79 Å². The second kappa shape index (κ2) is 6.77. The minimum atomic E-state index is -0.252. The van der Waals surface area contributed by atoms with Gasteiger partial charge in [-0.25, -0.2) is 4.98 Å². The summed E-state index contributed by atoms with van der Waals surface area (Å²) >= 11 is 7.51. The maximum Gasteiger partial charge on any atom is 0.238 e. The highest BCUT2D eigenvalue weighted by molar-refractivity contribution is 8.00. The summed E-state index contributed by atoms with van der Waals surface area (Å²) in [6, 6.07) is 11.2. The molecule has 0 saturated carbocycles. The maximum absolute atomic E-state index is 12.1. The van der Waals surface area contributed by atoms with Crippen LogP contribution >= 0.6 is 23.4 Å². The number of pyridine rings is 1. The van der Waals surface area contributed by atoms with Crippen LogP contribution in [0, 0.1) is 6.92 Å². The Labute approximate surface area is 127 Å². The van der Waals surface area contributed by atoms with Crippen LogP contribution in [0.5, 0.6) is 0 Å². The van der Waals surface area contributed by atoms with E-state index >= 15 is 0 Å². The number of hydrogen-bond donors (Lipinski definition) is 1. The summed E-state index contributed by atoms with van der Waals surface area (Å²) < 4.78 is 0. The van der Waals surface area contributed by atoms with E-state index in [0.717, 1.165) is 10.5 Å². The zero-order valence-electron chi connectivity index (χ0n) is 11.3. The lowest BCUT2D eigenvalue weighted by molar-refractivity contribution is -0.115. The third-order valence-corrected chi connectivity index (χ3v) is 4.29. The van der Waals surface area contributed by atoms with Crippen molar-refractivity contribution in [3.63, 3.8) is 0 Å². The number of benzene rings is 1. The Morgan fingerprint density at radius 2 is 2.05 bits per heavy atom. The number of nitrogens with zero attached hydrogens (tertiary/aromatic N) is 1. The van der Waals surface area contributed by atoms with Gasteiger partial charge in [0, 0.05) is 11.1 Å². The number of carbonyl (C=O) groups is 1. The molecular formula is C15H15ClN2OS. The third kappa shape index (κ3) is 3.99. The quantitative estimate of drug-likeness (QED) is 0.862. The first-order valence-electron chi connectivity index (χ1n) is 6.21. The van der Waals surface area contributed by atoms with Gasteiger partial charge in [0.05, 0.1) is 10.3 Å². The Bertz CT molecular complexity index is 601. The summed E-state index contributed by atoms with van der Waals surface area (Å²) in [5.74, 6) is 0.471. The van der Waals surface area contributed by atoms with Crippen LogP contribution in [0.15, 0.2) is 47.5 Å². The molecular weight excluding hydrogens is 292 g/mol. The molecule has 104 valence electrons. The van der Waals surface area contributed by atoms with E-state index in [1.807, 2.05) is 44.2 Å². The summed E-state index contributed by atoms with van der Waals surface area (Å²) in [5, 5.41) is 3.20. The molecule has 0 saturated heterocycles. The molecule has 0 aliphatic carbocycles. The first kappa shape index (κ1) is 14.9. The highest BCUT2D eigenvalue weighted by Crippen LogP contribution is 2.30. The van der Waals surface area contributed by atoms with Gasteiger partial charge in [-0.1, -0.05) is 29.8 Å². The zero-order chi connectivity index (χ0) is 14.5.